The molecule has 1 N–H and O–H groups in total. The summed E-state index contributed by atoms with van der Waals surface area (Å²) in [6, 6.07) is 8.07. The number of carbonyl (C=O) groups is 1. The lowest BCUT2D eigenvalue weighted by Gasteiger charge is -2.24. The van der Waals surface area contributed by atoms with Crippen LogP contribution in [0.1, 0.15) is 67.6 Å². The maximum atomic E-state index is 11.9. The summed E-state index contributed by atoms with van der Waals surface area (Å²) in [6.45, 7) is 2.02. The number of aromatic nitrogens is 2. The molecule has 1 atom stereocenters. The van der Waals surface area contributed by atoms with Crippen LogP contribution >= 0.6 is 0 Å². The second kappa shape index (κ2) is 7.92. The monoisotopic (exact) mass is 359 g/mol. The largest absolute Gasteiger partial charge is 0.349 e. The average Bonchev–Trinajstić information content (AvgIpc) is 3.49. The first-order valence-corrected chi connectivity index (χ1v) is 9.90. The van der Waals surface area contributed by atoms with E-state index in [2.05, 4.69) is 27.1 Å². The number of nitrogens with zero attached hydrogens (tertiary/aromatic N) is 2. The van der Waals surface area contributed by atoms with E-state index in [4.69, 9.17) is 0 Å². The lowest BCUT2D eigenvalue weighted by atomic mass is 9.83. The molecule has 1 heterocycles. The first kappa shape index (κ1) is 17.7. The van der Waals surface area contributed by atoms with Gasteiger partial charge in [-0.1, -0.05) is 43.2 Å². The van der Waals surface area contributed by atoms with Gasteiger partial charge in [-0.25, -0.2) is 9.97 Å². The molecule has 0 saturated heterocycles. The topological polar surface area (TPSA) is 54.9 Å². The van der Waals surface area contributed by atoms with E-state index >= 15 is 0 Å². The van der Waals surface area contributed by atoms with Gasteiger partial charge >= 0.3 is 0 Å². The van der Waals surface area contributed by atoms with Gasteiger partial charge in [0.15, 0.2) is 0 Å². The van der Waals surface area contributed by atoms with Gasteiger partial charge in [0, 0.05) is 30.3 Å². The molecule has 2 fully saturated rings. The van der Waals surface area contributed by atoms with Gasteiger partial charge in [0.1, 0.15) is 5.82 Å². The van der Waals surface area contributed by atoms with Crippen LogP contribution < -0.4 is 5.32 Å². The molecule has 1 aromatic heterocycles. The Morgan fingerprint density at radius 2 is 1.74 bits per heavy atom. The van der Waals surface area contributed by atoms with Crippen molar-refractivity contribution in [3.8, 4) is 11.8 Å². The Hall–Kier alpha value is -2.67. The van der Waals surface area contributed by atoms with Crippen molar-refractivity contribution in [2.24, 2.45) is 11.8 Å². The van der Waals surface area contributed by atoms with Crippen LogP contribution in [0.4, 0.5) is 0 Å². The summed E-state index contributed by atoms with van der Waals surface area (Å²) in [5, 5.41) is 3.07. The summed E-state index contributed by atoms with van der Waals surface area (Å²) in [7, 11) is 0. The molecule has 4 heteroatoms. The van der Waals surface area contributed by atoms with Gasteiger partial charge < -0.3 is 5.32 Å². The van der Waals surface area contributed by atoms with Crippen molar-refractivity contribution in [3.05, 3.63) is 59.2 Å². The Balaban J connectivity index is 1.34. The van der Waals surface area contributed by atoms with Crippen molar-refractivity contribution < 1.29 is 4.79 Å². The van der Waals surface area contributed by atoms with E-state index in [1.165, 1.54) is 19.3 Å². The Labute approximate surface area is 160 Å². The van der Waals surface area contributed by atoms with E-state index in [-0.39, 0.29) is 17.9 Å². The first-order chi connectivity index (χ1) is 13.2. The molecule has 4 rings (SSSR count). The molecule has 1 aromatic carbocycles. The maximum Gasteiger partial charge on any atom is 0.223 e. The summed E-state index contributed by atoms with van der Waals surface area (Å²) in [5.41, 5.74) is 2.87. The molecule has 1 amide bonds. The van der Waals surface area contributed by atoms with E-state index in [1.54, 1.807) is 0 Å². The zero-order valence-electron chi connectivity index (χ0n) is 15.7. The van der Waals surface area contributed by atoms with Crippen molar-refractivity contribution >= 4 is 5.91 Å². The molecule has 0 aliphatic heterocycles. The molecule has 2 saturated carbocycles. The Morgan fingerprint density at radius 3 is 2.33 bits per heavy atom. The average molecular weight is 359 g/mol. The number of amides is 1. The number of hydrogen-bond donors (Lipinski definition) is 1. The van der Waals surface area contributed by atoms with Crippen LogP contribution in [0.25, 0.3) is 0 Å². The minimum Gasteiger partial charge on any atom is -0.349 e. The molecule has 27 heavy (non-hydrogen) atoms. The molecule has 0 unspecified atom stereocenters. The van der Waals surface area contributed by atoms with Crippen LogP contribution in [0.5, 0.6) is 0 Å². The smallest absolute Gasteiger partial charge is 0.223 e. The molecule has 2 aliphatic rings. The normalized spacial score (nSPS) is 17.4. The number of rotatable bonds is 5. The van der Waals surface area contributed by atoms with Crippen LogP contribution in [0.15, 0.2) is 36.7 Å². The summed E-state index contributed by atoms with van der Waals surface area (Å²) in [5.74, 6) is 8.40. The summed E-state index contributed by atoms with van der Waals surface area (Å²) in [4.78, 5) is 20.8. The van der Waals surface area contributed by atoms with Crippen LogP contribution in [0.3, 0.4) is 0 Å². The van der Waals surface area contributed by atoms with E-state index in [0.29, 0.717) is 0 Å². The fourth-order valence-electron chi connectivity index (χ4n) is 3.24. The first-order valence-electron chi connectivity index (χ1n) is 9.90. The second-order valence-corrected chi connectivity index (χ2v) is 7.77. The fraction of sp³-hybridized carbons (Fsp3) is 0.435. The van der Waals surface area contributed by atoms with E-state index in [9.17, 15) is 4.79 Å². The minimum absolute atomic E-state index is 0.0247. The molecule has 0 radical (unpaired) electrons. The van der Waals surface area contributed by atoms with Gasteiger partial charge in [0.05, 0.1) is 11.6 Å². The van der Waals surface area contributed by atoms with Crippen molar-refractivity contribution in [1.82, 2.24) is 15.3 Å². The van der Waals surface area contributed by atoms with Crippen LogP contribution in [0, 0.1) is 23.7 Å². The zero-order valence-corrected chi connectivity index (χ0v) is 15.7. The quantitative estimate of drug-likeness (QED) is 0.826. The van der Waals surface area contributed by atoms with Gasteiger partial charge in [0.25, 0.3) is 0 Å². The van der Waals surface area contributed by atoms with Crippen molar-refractivity contribution in [2.45, 2.75) is 51.5 Å². The van der Waals surface area contributed by atoms with E-state index in [0.717, 1.165) is 47.7 Å². The number of nitrogens with one attached hydrogen (secondary N) is 1. The lowest BCUT2D eigenvalue weighted by molar-refractivity contribution is -0.122. The Morgan fingerprint density at radius 1 is 1.07 bits per heavy atom. The minimum atomic E-state index is 0.0247. The third-order valence-electron chi connectivity index (χ3n) is 5.47. The number of benzene rings is 1. The second-order valence-electron chi connectivity index (χ2n) is 7.77. The highest BCUT2D eigenvalue weighted by Gasteiger charge is 2.30. The highest BCUT2D eigenvalue weighted by molar-refractivity contribution is 5.81. The molecule has 138 valence electrons. The van der Waals surface area contributed by atoms with Crippen molar-refractivity contribution in [1.29, 1.82) is 0 Å². The molecule has 0 bridgehead atoms. The van der Waals surface area contributed by atoms with Gasteiger partial charge in [0.2, 0.25) is 5.91 Å². The molecular weight excluding hydrogens is 334 g/mol. The summed E-state index contributed by atoms with van der Waals surface area (Å²) >= 11 is 0. The van der Waals surface area contributed by atoms with Crippen molar-refractivity contribution in [3.63, 3.8) is 0 Å². The summed E-state index contributed by atoms with van der Waals surface area (Å²) < 4.78 is 0. The Kier molecular flexibility index (Phi) is 5.20. The lowest BCUT2D eigenvalue weighted by Crippen LogP contribution is -2.27. The third kappa shape index (κ3) is 4.74. The predicted octanol–water partition coefficient (Wildman–Crippen LogP) is 3.81. The number of hydrogen-bond acceptors (Lipinski definition) is 3. The van der Waals surface area contributed by atoms with Gasteiger partial charge in [-0.2, -0.15) is 0 Å². The van der Waals surface area contributed by atoms with Crippen LogP contribution in [-0.4, -0.2) is 15.9 Å². The van der Waals surface area contributed by atoms with Gasteiger partial charge in [-0.3, -0.25) is 4.79 Å². The van der Waals surface area contributed by atoms with E-state index < -0.39 is 0 Å². The van der Waals surface area contributed by atoms with Crippen LogP contribution in [-0.2, 0) is 11.2 Å². The number of carbonyl (C=O) groups excluding carboxylic acids is 1. The van der Waals surface area contributed by atoms with Gasteiger partial charge in [-0.05, 0) is 43.4 Å². The maximum absolute atomic E-state index is 11.9. The highest BCUT2D eigenvalue weighted by Crippen LogP contribution is 2.30. The van der Waals surface area contributed by atoms with Crippen molar-refractivity contribution in [2.75, 3.05) is 0 Å². The molecular formula is C23H25N3O. The highest BCUT2D eigenvalue weighted by atomic mass is 16.2. The van der Waals surface area contributed by atoms with Crippen LogP contribution in [0.2, 0.25) is 0 Å². The predicted molar refractivity (Wildman–Crippen MR) is 105 cm³/mol. The standard InChI is InChI=1S/C23H25N3O/c1-16(26-23(27)21-11-12-21)20-9-7-17(8-10-20)5-6-19-14-24-22(25-15-19)13-18-3-2-4-18/h7-10,14-16,18,21H,2-4,11-13H2,1H3,(H,26,27)/t16-/m0/s1. The summed E-state index contributed by atoms with van der Waals surface area (Å²) in [6.07, 6.45) is 10.6. The molecule has 2 aliphatic carbocycles. The SMILES string of the molecule is C[C@H](NC(=O)C1CC1)c1ccc(C#Cc2cnc(CC3CCC3)nc2)cc1. The van der Waals surface area contributed by atoms with E-state index in [1.807, 2.05) is 43.6 Å². The Bertz CT molecular complexity index is 853. The molecule has 0 spiro atoms. The molecule has 4 nitrogen and oxygen atoms in total. The van der Waals surface area contributed by atoms with Gasteiger partial charge in [-0.15, -0.1) is 0 Å². The molecule has 2 aromatic rings. The zero-order chi connectivity index (χ0) is 18.6. The fourth-order valence-corrected chi connectivity index (χ4v) is 3.24. The third-order valence-corrected chi connectivity index (χ3v) is 5.47.